The summed E-state index contributed by atoms with van der Waals surface area (Å²) in [5.41, 5.74) is 4.33. The van der Waals surface area contributed by atoms with Crippen LogP contribution in [0.2, 0.25) is 0 Å². The van der Waals surface area contributed by atoms with E-state index >= 15 is 0 Å². The predicted molar refractivity (Wildman–Crippen MR) is 118 cm³/mol. The number of rotatable bonds is 6. The van der Waals surface area contributed by atoms with Crippen molar-refractivity contribution < 1.29 is 19.1 Å². The zero-order valence-corrected chi connectivity index (χ0v) is 16.8. The molecule has 3 rings (SSSR count). The largest absolute Gasteiger partial charge is 0.423 e. The molecule has 8 heteroatoms. The van der Waals surface area contributed by atoms with Crippen LogP contribution in [0.5, 0.6) is 5.75 Å². The molecule has 0 atom stereocenters. The van der Waals surface area contributed by atoms with Gasteiger partial charge in [-0.25, -0.2) is 10.2 Å². The monoisotopic (exact) mass is 426 g/mol. The van der Waals surface area contributed by atoms with Gasteiger partial charge in [-0.1, -0.05) is 42.5 Å². The Morgan fingerprint density at radius 3 is 2.41 bits per heavy atom. The van der Waals surface area contributed by atoms with E-state index in [0.29, 0.717) is 22.6 Å². The summed E-state index contributed by atoms with van der Waals surface area (Å²) >= 11 is 0. The quantitative estimate of drug-likeness (QED) is 0.206. The molecule has 0 radical (unpaired) electrons. The lowest BCUT2D eigenvalue weighted by atomic mass is 10.1. The molecule has 0 spiro atoms. The Balaban J connectivity index is 1.53. The van der Waals surface area contributed by atoms with Crippen molar-refractivity contribution in [2.75, 3.05) is 5.32 Å². The Labute approximate surface area is 184 Å². The van der Waals surface area contributed by atoms with E-state index in [9.17, 15) is 14.4 Å². The number of nitrogens with one attached hydrogen (secondary N) is 2. The second-order valence-corrected chi connectivity index (χ2v) is 6.51. The van der Waals surface area contributed by atoms with Crippen molar-refractivity contribution in [3.05, 3.63) is 95.6 Å². The number of nitrogens with zero attached hydrogens (tertiary/aromatic N) is 2. The van der Waals surface area contributed by atoms with Crippen LogP contribution in [0.25, 0.3) is 0 Å². The number of nitriles is 1. The van der Waals surface area contributed by atoms with Crippen molar-refractivity contribution in [1.82, 2.24) is 5.43 Å². The minimum Gasteiger partial charge on any atom is -0.423 e. The highest BCUT2D eigenvalue weighted by Crippen LogP contribution is 2.14. The van der Waals surface area contributed by atoms with Crippen LogP contribution >= 0.6 is 0 Å². The SMILES string of the molecule is N#CCc1ccc(NC(=O)C(=O)NN=Cc2cccc(OC(=O)c3ccccc3)c2)cc1. The molecule has 0 unspecified atom stereocenters. The maximum absolute atomic E-state index is 12.1. The second kappa shape index (κ2) is 10.8. The van der Waals surface area contributed by atoms with Gasteiger partial charge in [0.2, 0.25) is 0 Å². The summed E-state index contributed by atoms with van der Waals surface area (Å²) in [4.78, 5) is 36.0. The number of esters is 1. The van der Waals surface area contributed by atoms with Gasteiger partial charge in [0.1, 0.15) is 5.75 Å². The molecule has 0 fully saturated rings. The van der Waals surface area contributed by atoms with E-state index in [2.05, 4.69) is 15.8 Å². The number of hydrazone groups is 1. The average molecular weight is 426 g/mol. The van der Waals surface area contributed by atoms with Crippen molar-refractivity contribution >= 4 is 29.7 Å². The van der Waals surface area contributed by atoms with Crippen LogP contribution in [-0.2, 0) is 16.0 Å². The third kappa shape index (κ3) is 6.37. The van der Waals surface area contributed by atoms with Crippen molar-refractivity contribution in [2.45, 2.75) is 6.42 Å². The Hall–Kier alpha value is -4.77. The van der Waals surface area contributed by atoms with Gasteiger partial charge in [0, 0.05) is 5.69 Å². The van der Waals surface area contributed by atoms with Crippen LogP contribution in [0.15, 0.2) is 84.0 Å². The molecule has 158 valence electrons. The van der Waals surface area contributed by atoms with Gasteiger partial charge in [0.15, 0.2) is 0 Å². The summed E-state index contributed by atoms with van der Waals surface area (Å²) in [6.07, 6.45) is 1.58. The summed E-state index contributed by atoms with van der Waals surface area (Å²) in [5, 5.41) is 14.9. The molecule has 8 nitrogen and oxygen atoms in total. The molecule has 0 aromatic heterocycles. The first kappa shape index (κ1) is 21.9. The van der Waals surface area contributed by atoms with Gasteiger partial charge < -0.3 is 10.1 Å². The Morgan fingerprint density at radius 2 is 1.69 bits per heavy atom. The second-order valence-electron chi connectivity index (χ2n) is 6.51. The normalized spacial score (nSPS) is 10.2. The number of carbonyl (C=O) groups is 3. The molecule has 0 aliphatic rings. The van der Waals surface area contributed by atoms with E-state index in [1.54, 1.807) is 78.9 Å². The van der Waals surface area contributed by atoms with Crippen molar-refractivity contribution in [3.63, 3.8) is 0 Å². The molecule has 3 aromatic rings. The van der Waals surface area contributed by atoms with Gasteiger partial charge in [-0.15, -0.1) is 0 Å². The lowest BCUT2D eigenvalue weighted by Crippen LogP contribution is -2.32. The molecular formula is C24H18N4O4. The Kier molecular flexibility index (Phi) is 7.43. The number of carbonyl (C=O) groups excluding carboxylic acids is 3. The van der Waals surface area contributed by atoms with E-state index in [-0.39, 0.29) is 6.42 Å². The number of hydrogen-bond donors (Lipinski definition) is 2. The fraction of sp³-hybridized carbons (Fsp3) is 0.0417. The van der Waals surface area contributed by atoms with E-state index in [0.717, 1.165) is 5.56 Å². The van der Waals surface area contributed by atoms with Crippen LogP contribution in [0.4, 0.5) is 5.69 Å². The van der Waals surface area contributed by atoms with Gasteiger partial charge in [0.25, 0.3) is 0 Å². The van der Waals surface area contributed by atoms with Crippen molar-refractivity contribution in [3.8, 4) is 11.8 Å². The lowest BCUT2D eigenvalue weighted by molar-refractivity contribution is -0.136. The molecule has 0 saturated heterocycles. The van der Waals surface area contributed by atoms with Gasteiger partial charge in [-0.3, -0.25) is 9.59 Å². The number of benzene rings is 3. The van der Waals surface area contributed by atoms with Crippen molar-refractivity contribution in [1.29, 1.82) is 5.26 Å². The summed E-state index contributed by atoms with van der Waals surface area (Å²) in [6, 6.07) is 23.7. The maximum atomic E-state index is 12.1. The van der Waals surface area contributed by atoms with Gasteiger partial charge in [-0.2, -0.15) is 10.4 Å². The zero-order chi connectivity index (χ0) is 22.8. The highest BCUT2D eigenvalue weighted by Gasteiger charge is 2.13. The Morgan fingerprint density at radius 1 is 0.938 bits per heavy atom. The van der Waals surface area contributed by atoms with Crippen LogP contribution in [0.1, 0.15) is 21.5 Å². The minimum atomic E-state index is -0.950. The third-order valence-corrected chi connectivity index (χ3v) is 4.16. The average Bonchev–Trinajstić information content (AvgIpc) is 2.81. The van der Waals surface area contributed by atoms with Crippen LogP contribution < -0.4 is 15.5 Å². The molecule has 2 amide bonds. The molecule has 2 N–H and O–H groups in total. The molecule has 0 heterocycles. The summed E-state index contributed by atoms with van der Waals surface area (Å²) < 4.78 is 5.33. The predicted octanol–water partition coefficient (Wildman–Crippen LogP) is 3.06. The Bertz CT molecular complexity index is 1180. The molecule has 32 heavy (non-hydrogen) atoms. The first-order valence-electron chi connectivity index (χ1n) is 9.53. The van der Waals surface area contributed by atoms with Gasteiger partial charge >= 0.3 is 17.8 Å². The minimum absolute atomic E-state index is 0.260. The van der Waals surface area contributed by atoms with Crippen LogP contribution in [-0.4, -0.2) is 24.0 Å². The topological polar surface area (TPSA) is 121 Å². The smallest absolute Gasteiger partial charge is 0.343 e. The first-order chi connectivity index (χ1) is 15.5. The fourth-order valence-electron chi connectivity index (χ4n) is 2.60. The van der Waals surface area contributed by atoms with Crippen LogP contribution in [0.3, 0.4) is 0 Å². The molecule has 0 saturated carbocycles. The van der Waals surface area contributed by atoms with E-state index in [1.165, 1.54) is 6.21 Å². The third-order valence-electron chi connectivity index (χ3n) is 4.16. The first-order valence-corrected chi connectivity index (χ1v) is 9.53. The summed E-state index contributed by atoms with van der Waals surface area (Å²) in [5.74, 6) is -2.02. The molecule has 0 bridgehead atoms. The lowest BCUT2D eigenvalue weighted by Gasteiger charge is -2.05. The highest BCUT2D eigenvalue weighted by atomic mass is 16.5. The highest BCUT2D eigenvalue weighted by molar-refractivity contribution is 6.39. The summed E-state index contributed by atoms with van der Waals surface area (Å²) in [7, 11) is 0. The maximum Gasteiger partial charge on any atom is 0.343 e. The molecular weight excluding hydrogens is 408 g/mol. The van der Waals surface area contributed by atoms with E-state index in [4.69, 9.17) is 10.00 Å². The number of ether oxygens (including phenoxy) is 1. The van der Waals surface area contributed by atoms with Crippen LogP contribution in [0, 0.1) is 11.3 Å². The molecule has 3 aromatic carbocycles. The van der Waals surface area contributed by atoms with Gasteiger partial charge in [-0.05, 0) is 47.5 Å². The zero-order valence-electron chi connectivity index (χ0n) is 16.8. The number of anilines is 1. The molecule has 0 aliphatic heterocycles. The number of amides is 2. The van der Waals surface area contributed by atoms with Gasteiger partial charge in [0.05, 0.1) is 24.3 Å². The van der Waals surface area contributed by atoms with E-state index in [1.807, 2.05) is 6.07 Å². The molecule has 0 aliphatic carbocycles. The number of hydrogen-bond acceptors (Lipinski definition) is 6. The fourth-order valence-corrected chi connectivity index (χ4v) is 2.60. The summed E-state index contributed by atoms with van der Waals surface area (Å²) in [6.45, 7) is 0. The van der Waals surface area contributed by atoms with E-state index < -0.39 is 17.8 Å². The standard InChI is InChI=1S/C24H18N4O4/c25-14-13-17-9-11-20(12-10-17)27-22(29)23(30)28-26-16-18-5-4-8-21(15-18)32-24(31)19-6-2-1-3-7-19/h1-12,15-16H,13H2,(H,27,29)(H,28,30). The van der Waals surface area contributed by atoms with Crippen molar-refractivity contribution in [2.24, 2.45) is 5.10 Å².